The van der Waals surface area contributed by atoms with Gasteiger partial charge in [0, 0.05) is 18.2 Å². The highest BCUT2D eigenvalue weighted by molar-refractivity contribution is 5.10. The SMILES string of the molecule is FC(F)(F)Cn1c[c]c(C2CC2)n1. The maximum atomic E-state index is 11.9. The van der Waals surface area contributed by atoms with Gasteiger partial charge >= 0.3 is 6.18 Å². The van der Waals surface area contributed by atoms with Crippen molar-refractivity contribution in [1.29, 1.82) is 0 Å². The highest BCUT2D eigenvalue weighted by atomic mass is 19.4. The Bertz CT molecular complexity index is 299. The van der Waals surface area contributed by atoms with Crippen LogP contribution in [-0.2, 0) is 6.54 Å². The highest BCUT2D eigenvalue weighted by Gasteiger charge is 2.30. The summed E-state index contributed by atoms with van der Waals surface area (Å²) in [5, 5.41) is 3.80. The molecule has 1 aliphatic rings. The molecule has 71 valence electrons. The Kier molecular flexibility index (Phi) is 1.82. The van der Waals surface area contributed by atoms with Crippen LogP contribution in [-0.4, -0.2) is 16.0 Å². The maximum absolute atomic E-state index is 11.9. The van der Waals surface area contributed by atoms with Crippen LogP contribution < -0.4 is 0 Å². The Hall–Kier alpha value is -1.00. The lowest BCUT2D eigenvalue weighted by Gasteiger charge is -2.05. The number of rotatable bonds is 2. The van der Waals surface area contributed by atoms with Crippen LogP contribution in [0.1, 0.15) is 24.5 Å². The van der Waals surface area contributed by atoms with Gasteiger partial charge in [-0.15, -0.1) is 0 Å². The van der Waals surface area contributed by atoms with Gasteiger partial charge in [-0.2, -0.15) is 18.3 Å². The summed E-state index contributed by atoms with van der Waals surface area (Å²) in [6, 6.07) is 2.74. The van der Waals surface area contributed by atoms with Gasteiger partial charge in [-0.25, -0.2) is 0 Å². The fourth-order valence-electron chi connectivity index (χ4n) is 1.16. The Morgan fingerprint density at radius 1 is 1.54 bits per heavy atom. The van der Waals surface area contributed by atoms with Crippen molar-refractivity contribution in [2.24, 2.45) is 0 Å². The third-order valence-corrected chi connectivity index (χ3v) is 1.90. The van der Waals surface area contributed by atoms with E-state index in [4.69, 9.17) is 0 Å². The van der Waals surface area contributed by atoms with Gasteiger partial charge in [0.1, 0.15) is 6.54 Å². The minimum Gasteiger partial charge on any atom is -0.263 e. The van der Waals surface area contributed by atoms with Crippen molar-refractivity contribution >= 4 is 0 Å². The number of hydrogen-bond donors (Lipinski definition) is 0. The third kappa shape index (κ3) is 2.23. The van der Waals surface area contributed by atoms with Crippen LogP contribution in [0.4, 0.5) is 13.2 Å². The summed E-state index contributed by atoms with van der Waals surface area (Å²) >= 11 is 0. The first-order valence-electron chi connectivity index (χ1n) is 4.06. The standard InChI is InChI=1S/C8H8F3N2/c9-8(10,11)5-13-4-3-7(12-13)6-1-2-6/h4,6H,1-2,5H2. The van der Waals surface area contributed by atoms with Crippen LogP contribution in [0.3, 0.4) is 0 Å². The monoisotopic (exact) mass is 189 g/mol. The van der Waals surface area contributed by atoms with E-state index in [1.807, 2.05) is 0 Å². The zero-order chi connectivity index (χ0) is 9.47. The zero-order valence-electron chi connectivity index (χ0n) is 6.80. The van der Waals surface area contributed by atoms with Crippen LogP contribution in [0.5, 0.6) is 0 Å². The molecule has 2 rings (SSSR count). The predicted octanol–water partition coefficient (Wildman–Crippen LogP) is 2.12. The van der Waals surface area contributed by atoms with Gasteiger partial charge in [-0.05, 0) is 12.8 Å². The largest absolute Gasteiger partial charge is 0.408 e. The third-order valence-electron chi connectivity index (χ3n) is 1.90. The van der Waals surface area contributed by atoms with Gasteiger partial charge in [0.15, 0.2) is 0 Å². The van der Waals surface area contributed by atoms with E-state index in [1.165, 1.54) is 6.20 Å². The topological polar surface area (TPSA) is 17.8 Å². The summed E-state index contributed by atoms with van der Waals surface area (Å²) in [6.45, 7) is -1.02. The molecule has 1 aromatic heterocycles. The lowest BCUT2D eigenvalue weighted by atomic mass is 10.3. The minimum absolute atomic E-state index is 0.356. The second kappa shape index (κ2) is 2.75. The quantitative estimate of drug-likeness (QED) is 0.696. The van der Waals surface area contributed by atoms with E-state index in [9.17, 15) is 13.2 Å². The summed E-state index contributed by atoms with van der Waals surface area (Å²) in [4.78, 5) is 0. The molecule has 0 aromatic carbocycles. The second-order valence-electron chi connectivity index (χ2n) is 3.25. The second-order valence-corrected chi connectivity index (χ2v) is 3.25. The van der Waals surface area contributed by atoms with E-state index in [2.05, 4.69) is 11.2 Å². The fourth-order valence-corrected chi connectivity index (χ4v) is 1.16. The van der Waals surface area contributed by atoms with Crippen molar-refractivity contribution < 1.29 is 13.2 Å². The molecule has 1 aliphatic carbocycles. The van der Waals surface area contributed by atoms with E-state index >= 15 is 0 Å². The molecule has 1 fully saturated rings. The molecule has 1 aromatic rings. The molecule has 0 N–H and O–H groups in total. The highest BCUT2D eigenvalue weighted by Crippen LogP contribution is 2.38. The van der Waals surface area contributed by atoms with E-state index in [0.717, 1.165) is 17.5 Å². The first-order chi connectivity index (χ1) is 6.04. The van der Waals surface area contributed by atoms with Gasteiger partial charge < -0.3 is 0 Å². The molecule has 0 bridgehead atoms. The maximum Gasteiger partial charge on any atom is 0.408 e. The first kappa shape index (κ1) is 8.59. The summed E-state index contributed by atoms with van der Waals surface area (Å²) in [6.07, 6.45) is -0.874. The number of aromatic nitrogens is 2. The van der Waals surface area contributed by atoms with Crippen molar-refractivity contribution in [1.82, 2.24) is 9.78 Å². The van der Waals surface area contributed by atoms with E-state index < -0.39 is 12.7 Å². The van der Waals surface area contributed by atoms with Crippen molar-refractivity contribution in [3.05, 3.63) is 18.0 Å². The van der Waals surface area contributed by atoms with Crippen molar-refractivity contribution in [3.8, 4) is 0 Å². The Morgan fingerprint density at radius 3 is 2.77 bits per heavy atom. The fraction of sp³-hybridized carbons (Fsp3) is 0.625. The lowest BCUT2D eigenvalue weighted by molar-refractivity contribution is -0.142. The smallest absolute Gasteiger partial charge is 0.263 e. The van der Waals surface area contributed by atoms with Crippen LogP contribution in [0.2, 0.25) is 0 Å². The molecule has 0 atom stereocenters. The summed E-state index contributed by atoms with van der Waals surface area (Å²) < 4.78 is 36.6. The molecule has 1 saturated carbocycles. The molecule has 0 aliphatic heterocycles. The summed E-state index contributed by atoms with van der Waals surface area (Å²) in [5.41, 5.74) is 0.671. The Morgan fingerprint density at radius 2 is 2.23 bits per heavy atom. The van der Waals surface area contributed by atoms with Crippen LogP contribution >= 0.6 is 0 Å². The molecule has 0 amide bonds. The van der Waals surface area contributed by atoms with Crippen molar-refractivity contribution in [3.63, 3.8) is 0 Å². The predicted molar refractivity (Wildman–Crippen MR) is 39.1 cm³/mol. The van der Waals surface area contributed by atoms with Crippen LogP contribution in [0.25, 0.3) is 0 Å². The number of hydrogen-bond acceptors (Lipinski definition) is 1. The molecular formula is C8H8F3N2. The number of halogens is 3. The molecule has 2 nitrogen and oxygen atoms in total. The molecule has 5 heteroatoms. The molecule has 1 heterocycles. The Balaban J connectivity index is 2.04. The van der Waals surface area contributed by atoms with Crippen molar-refractivity contribution in [2.75, 3.05) is 0 Å². The molecule has 0 spiro atoms. The van der Waals surface area contributed by atoms with Gasteiger partial charge in [0.25, 0.3) is 0 Å². The molecule has 0 unspecified atom stereocenters. The number of nitrogens with zero attached hydrogens (tertiary/aromatic N) is 2. The number of alkyl halides is 3. The summed E-state index contributed by atoms with van der Waals surface area (Å²) in [7, 11) is 0. The first-order valence-corrected chi connectivity index (χ1v) is 4.06. The summed E-state index contributed by atoms with van der Waals surface area (Å²) in [5.74, 6) is 0.356. The van der Waals surface area contributed by atoms with Crippen molar-refractivity contribution in [2.45, 2.75) is 31.5 Å². The van der Waals surface area contributed by atoms with E-state index in [0.29, 0.717) is 11.6 Å². The molecule has 0 saturated heterocycles. The molecule has 13 heavy (non-hydrogen) atoms. The van der Waals surface area contributed by atoms with Gasteiger partial charge in [0.2, 0.25) is 0 Å². The van der Waals surface area contributed by atoms with Crippen LogP contribution in [0, 0.1) is 6.07 Å². The van der Waals surface area contributed by atoms with Crippen LogP contribution in [0.15, 0.2) is 6.20 Å². The molecular weight excluding hydrogens is 181 g/mol. The van der Waals surface area contributed by atoms with Gasteiger partial charge in [-0.1, -0.05) is 0 Å². The Labute approximate surface area is 73.4 Å². The average Bonchev–Trinajstić information content (AvgIpc) is 2.72. The lowest BCUT2D eigenvalue weighted by Crippen LogP contribution is -2.18. The average molecular weight is 189 g/mol. The van der Waals surface area contributed by atoms with Gasteiger partial charge in [0.05, 0.1) is 5.69 Å². The molecule has 1 radical (unpaired) electrons. The minimum atomic E-state index is -4.19. The zero-order valence-corrected chi connectivity index (χ0v) is 6.80. The normalized spacial score (nSPS) is 17.8. The van der Waals surface area contributed by atoms with E-state index in [-0.39, 0.29) is 0 Å². The van der Waals surface area contributed by atoms with Gasteiger partial charge in [-0.3, -0.25) is 4.68 Å². The van der Waals surface area contributed by atoms with E-state index in [1.54, 1.807) is 0 Å².